The number of H-pyrrole nitrogens is 1. The molecule has 84 valence electrons. The fourth-order valence-electron chi connectivity index (χ4n) is 1.43. The summed E-state index contributed by atoms with van der Waals surface area (Å²) < 4.78 is 0. The summed E-state index contributed by atoms with van der Waals surface area (Å²) in [5, 5.41) is 3.91. The lowest BCUT2D eigenvalue weighted by atomic mass is 10.2. The minimum Gasteiger partial charge on any atom is -0.397 e. The number of imidazole rings is 1. The molecule has 0 bridgehead atoms. The van der Waals surface area contributed by atoms with Crippen molar-refractivity contribution >= 4 is 23.0 Å². The van der Waals surface area contributed by atoms with Gasteiger partial charge in [-0.05, 0) is 18.2 Å². The molecule has 0 fully saturated rings. The van der Waals surface area contributed by atoms with Gasteiger partial charge < -0.3 is 16.0 Å². The predicted octanol–water partition coefficient (Wildman–Crippen LogP) is 2.30. The molecule has 16 heavy (non-hydrogen) atoms. The van der Waals surface area contributed by atoms with E-state index in [9.17, 15) is 0 Å². The number of nitrogens with two attached hydrogens (primary N) is 1. The molecule has 0 atom stereocenters. The van der Waals surface area contributed by atoms with E-state index in [1.54, 1.807) is 18.5 Å². The lowest BCUT2D eigenvalue weighted by molar-refractivity contribution is 0.977. The number of rotatable bonds is 4. The Balaban J connectivity index is 1.92. The standard InChI is InChI=1S/C11H13ClN4/c12-8-1-2-10(13)11(5-8)15-4-3-9-6-14-7-16-9/h1-2,5-7,15H,3-4,13H2,(H,14,16). The zero-order valence-electron chi connectivity index (χ0n) is 8.70. The Morgan fingerprint density at radius 1 is 1.44 bits per heavy atom. The van der Waals surface area contributed by atoms with Crippen LogP contribution in [0.3, 0.4) is 0 Å². The van der Waals surface area contributed by atoms with Gasteiger partial charge in [-0.1, -0.05) is 11.6 Å². The predicted molar refractivity (Wildman–Crippen MR) is 66.6 cm³/mol. The Hall–Kier alpha value is -1.68. The van der Waals surface area contributed by atoms with Gasteiger partial charge in [0.25, 0.3) is 0 Å². The smallest absolute Gasteiger partial charge is 0.0921 e. The number of hydrogen-bond donors (Lipinski definition) is 3. The topological polar surface area (TPSA) is 66.7 Å². The van der Waals surface area contributed by atoms with Crippen LogP contribution in [0, 0.1) is 0 Å². The summed E-state index contributed by atoms with van der Waals surface area (Å²) in [5.74, 6) is 0. The number of benzene rings is 1. The maximum absolute atomic E-state index is 5.88. The van der Waals surface area contributed by atoms with Gasteiger partial charge in [0, 0.05) is 29.9 Å². The quantitative estimate of drug-likeness (QED) is 0.714. The van der Waals surface area contributed by atoms with Crippen LogP contribution < -0.4 is 11.1 Å². The van der Waals surface area contributed by atoms with Gasteiger partial charge in [0.05, 0.1) is 17.7 Å². The van der Waals surface area contributed by atoms with Gasteiger partial charge in [-0.25, -0.2) is 4.98 Å². The molecular weight excluding hydrogens is 224 g/mol. The first kappa shape index (κ1) is 10.8. The Labute approximate surface area is 98.8 Å². The Kier molecular flexibility index (Phi) is 3.31. The lowest BCUT2D eigenvalue weighted by Crippen LogP contribution is -2.06. The van der Waals surface area contributed by atoms with Crippen molar-refractivity contribution in [2.75, 3.05) is 17.6 Å². The van der Waals surface area contributed by atoms with E-state index in [2.05, 4.69) is 15.3 Å². The number of nitrogen functional groups attached to an aromatic ring is 1. The highest BCUT2D eigenvalue weighted by molar-refractivity contribution is 6.31. The van der Waals surface area contributed by atoms with Gasteiger partial charge in [-0.15, -0.1) is 0 Å². The molecule has 1 heterocycles. The monoisotopic (exact) mass is 236 g/mol. The number of nitrogens with zero attached hydrogens (tertiary/aromatic N) is 1. The van der Waals surface area contributed by atoms with Crippen LogP contribution >= 0.6 is 11.6 Å². The molecule has 1 aromatic heterocycles. The van der Waals surface area contributed by atoms with Gasteiger partial charge in [0.1, 0.15) is 0 Å². The molecular formula is C11H13ClN4. The van der Waals surface area contributed by atoms with Crippen LogP contribution in [0.25, 0.3) is 0 Å². The highest BCUT2D eigenvalue weighted by atomic mass is 35.5. The number of nitrogens with one attached hydrogen (secondary N) is 2. The largest absolute Gasteiger partial charge is 0.397 e. The molecule has 1 aromatic carbocycles. The molecule has 5 heteroatoms. The third kappa shape index (κ3) is 2.67. The number of halogens is 1. The van der Waals surface area contributed by atoms with Crippen molar-refractivity contribution in [2.45, 2.75) is 6.42 Å². The van der Waals surface area contributed by atoms with E-state index in [-0.39, 0.29) is 0 Å². The van der Waals surface area contributed by atoms with Crippen molar-refractivity contribution in [1.82, 2.24) is 9.97 Å². The van der Waals surface area contributed by atoms with E-state index in [1.807, 2.05) is 12.3 Å². The molecule has 0 unspecified atom stereocenters. The van der Waals surface area contributed by atoms with Crippen LogP contribution in [0.4, 0.5) is 11.4 Å². The number of aromatic amines is 1. The zero-order valence-corrected chi connectivity index (χ0v) is 9.46. The average molecular weight is 237 g/mol. The number of aromatic nitrogens is 2. The van der Waals surface area contributed by atoms with Crippen LogP contribution in [0.2, 0.25) is 5.02 Å². The molecule has 0 saturated heterocycles. The van der Waals surface area contributed by atoms with Crippen molar-refractivity contribution in [3.05, 3.63) is 41.4 Å². The average Bonchev–Trinajstić information content (AvgIpc) is 2.76. The van der Waals surface area contributed by atoms with Gasteiger partial charge in [0.15, 0.2) is 0 Å². The fraction of sp³-hybridized carbons (Fsp3) is 0.182. The SMILES string of the molecule is Nc1ccc(Cl)cc1NCCc1cnc[nH]1. The first-order valence-electron chi connectivity index (χ1n) is 5.02. The van der Waals surface area contributed by atoms with E-state index < -0.39 is 0 Å². The molecule has 4 N–H and O–H groups in total. The first-order chi connectivity index (χ1) is 7.75. The zero-order chi connectivity index (χ0) is 11.4. The van der Waals surface area contributed by atoms with Crippen LogP contribution in [0.5, 0.6) is 0 Å². The van der Waals surface area contributed by atoms with Crippen molar-refractivity contribution in [3.8, 4) is 0 Å². The third-order valence-electron chi connectivity index (χ3n) is 2.28. The summed E-state index contributed by atoms with van der Waals surface area (Å²) in [4.78, 5) is 6.99. The summed E-state index contributed by atoms with van der Waals surface area (Å²) in [5.41, 5.74) is 8.47. The van der Waals surface area contributed by atoms with Gasteiger partial charge in [-0.2, -0.15) is 0 Å². The van der Waals surface area contributed by atoms with E-state index >= 15 is 0 Å². The Morgan fingerprint density at radius 2 is 2.31 bits per heavy atom. The van der Waals surface area contributed by atoms with Crippen molar-refractivity contribution in [2.24, 2.45) is 0 Å². The Morgan fingerprint density at radius 3 is 3.06 bits per heavy atom. The van der Waals surface area contributed by atoms with Crippen LogP contribution in [-0.4, -0.2) is 16.5 Å². The second-order valence-corrected chi connectivity index (χ2v) is 3.92. The van der Waals surface area contributed by atoms with Gasteiger partial charge in [0.2, 0.25) is 0 Å². The van der Waals surface area contributed by atoms with Crippen LogP contribution in [0.15, 0.2) is 30.7 Å². The molecule has 0 radical (unpaired) electrons. The summed E-state index contributed by atoms with van der Waals surface area (Å²) >= 11 is 5.88. The Bertz CT molecular complexity index is 453. The normalized spacial score (nSPS) is 10.3. The van der Waals surface area contributed by atoms with Gasteiger partial charge in [-0.3, -0.25) is 0 Å². The van der Waals surface area contributed by atoms with Gasteiger partial charge >= 0.3 is 0 Å². The van der Waals surface area contributed by atoms with E-state index in [4.69, 9.17) is 17.3 Å². The summed E-state index contributed by atoms with van der Waals surface area (Å²) in [7, 11) is 0. The van der Waals surface area contributed by atoms with E-state index in [0.29, 0.717) is 10.7 Å². The molecule has 0 amide bonds. The third-order valence-corrected chi connectivity index (χ3v) is 2.52. The molecule has 0 aliphatic heterocycles. The molecule has 0 aliphatic rings. The lowest BCUT2D eigenvalue weighted by Gasteiger charge is -2.08. The molecule has 0 saturated carbocycles. The van der Waals surface area contributed by atoms with Crippen LogP contribution in [0.1, 0.15) is 5.69 Å². The molecule has 0 aliphatic carbocycles. The second kappa shape index (κ2) is 4.90. The molecule has 2 aromatic rings. The maximum Gasteiger partial charge on any atom is 0.0921 e. The highest BCUT2D eigenvalue weighted by Crippen LogP contribution is 2.22. The number of anilines is 2. The maximum atomic E-state index is 5.88. The highest BCUT2D eigenvalue weighted by Gasteiger charge is 2.00. The summed E-state index contributed by atoms with van der Waals surface area (Å²) in [6, 6.07) is 5.39. The minimum absolute atomic E-state index is 0.679. The van der Waals surface area contributed by atoms with E-state index in [0.717, 1.165) is 24.3 Å². The van der Waals surface area contributed by atoms with E-state index in [1.165, 1.54) is 0 Å². The fourth-order valence-corrected chi connectivity index (χ4v) is 1.61. The number of hydrogen-bond acceptors (Lipinski definition) is 3. The molecule has 2 rings (SSSR count). The molecule has 4 nitrogen and oxygen atoms in total. The van der Waals surface area contributed by atoms with Crippen molar-refractivity contribution < 1.29 is 0 Å². The van der Waals surface area contributed by atoms with Crippen molar-refractivity contribution in [3.63, 3.8) is 0 Å². The summed E-state index contributed by atoms with van der Waals surface area (Å²) in [6.45, 7) is 0.784. The minimum atomic E-state index is 0.679. The van der Waals surface area contributed by atoms with Crippen molar-refractivity contribution in [1.29, 1.82) is 0 Å². The summed E-state index contributed by atoms with van der Waals surface area (Å²) in [6.07, 6.45) is 4.35. The molecule has 0 spiro atoms. The van der Waals surface area contributed by atoms with Crippen LogP contribution in [-0.2, 0) is 6.42 Å². The second-order valence-electron chi connectivity index (χ2n) is 3.49. The first-order valence-corrected chi connectivity index (χ1v) is 5.39.